The van der Waals surface area contributed by atoms with Gasteiger partial charge in [-0.25, -0.2) is 0 Å². The summed E-state index contributed by atoms with van der Waals surface area (Å²) in [6, 6.07) is 21.0. The van der Waals surface area contributed by atoms with Crippen LogP contribution in [-0.2, 0) is 0 Å². The van der Waals surface area contributed by atoms with E-state index in [1.54, 1.807) is 18.5 Å². The zero-order chi connectivity index (χ0) is 17.6. The normalized spacial score (nSPS) is 11.3. The lowest BCUT2D eigenvalue weighted by Crippen LogP contribution is -2.02. The van der Waals surface area contributed by atoms with Crippen molar-refractivity contribution < 1.29 is 0 Å². The van der Waals surface area contributed by atoms with E-state index >= 15 is 0 Å². The minimum Gasteiger partial charge on any atom is -0.398 e. The minimum absolute atomic E-state index is 0.530. The number of benzene rings is 2. The standard InChI is InChI=1S/C21H16N4/c22-13-18-3-1-2-4-19(18)15-5-7-16(8-6-15)20(14-23)21(24)17-9-11-25-12-10-17/h1-12,14,23H,24H2/b21-20+,23-14?. The van der Waals surface area contributed by atoms with Gasteiger partial charge in [0.05, 0.1) is 11.6 Å². The molecule has 1 heterocycles. The maximum absolute atomic E-state index is 9.25. The molecular formula is C21H16N4. The van der Waals surface area contributed by atoms with Gasteiger partial charge in [0.15, 0.2) is 0 Å². The molecule has 0 amide bonds. The molecule has 0 aliphatic rings. The molecule has 0 saturated carbocycles. The van der Waals surface area contributed by atoms with E-state index in [2.05, 4.69) is 11.1 Å². The molecule has 0 spiro atoms. The van der Waals surface area contributed by atoms with Crippen LogP contribution in [0.15, 0.2) is 73.1 Å². The van der Waals surface area contributed by atoms with Gasteiger partial charge in [-0.15, -0.1) is 0 Å². The molecule has 25 heavy (non-hydrogen) atoms. The molecule has 3 rings (SSSR count). The smallest absolute Gasteiger partial charge is 0.0998 e. The van der Waals surface area contributed by atoms with E-state index in [4.69, 9.17) is 11.1 Å². The molecule has 3 N–H and O–H groups in total. The van der Waals surface area contributed by atoms with E-state index < -0.39 is 0 Å². The van der Waals surface area contributed by atoms with Crippen LogP contribution in [0.5, 0.6) is 0 Å². The van der Waals surface area contributed by atoms with Gasteiger partial charge in [-0.1, -0.05) is 42.5 Å². The van der Waals surface area contributed by atoms with E-state index in [-0.39, 0.29) is 0 Å². The molecule has 0 fully saturated rings. The van der Waals surface area contributed by atoms with Crippen molar-refractivity contribution in [3.8, 4) is 17.2 Å². The molecule has 4 heteroatoms. The Hall–Kier alpha value is -3.71. The lowest BCUT2D eigenvalue weighted by Gasteiger charge is -2.10. The van der Waals surface area contributed by atoms with Crippen LogP contribution in [0.4, 0.5) is 0 Å². The van der Waals surface area contributed by atoms with Gasteiger partial charge >= 0.3 is 0 Å². The second-order valence-electron chi connectivity index (χ2n) is 5.44. The van der Waals surface area contributed by atoms with E-state index in [1.165, 1.54) is 6.21 Å². The highest BCUT2D eigenvalue weighted by Crippen LogP contribution is 2.26. The minimum atomic E-state index is 0.530. The number of allylic oxidation sites excluding steroid dienone is 1. The van der Waals surface area contributed by atoms with E-state index in [9.17, 15) is 5.26 Å². The van der Waals surface area contributed by atoms with Crippen LogP contribution in [0.25, 0.3) is 22.4 Å². The van der Waals surface area contributed by atoms with Crippen LogP contribution in [0.2, 0.25) is 0 Å². The zero-order valence-corrected chi connectivity index (χ0v) is 13.5. The summed E-state index contributed by atoms with van der Waals surface area (Å²) in [5, 5.41) is 17.0. The Morgan fingerprint density at radius 1 is 0.960 bits per heavy atom. The van der Waals surface area contributed by atoms with Gasteiger partial charge in [-0.05, 0) is 34.9 Å². The number of nitrogens with zero attached hydrogens (tertiary/aromatic N) is 2. The summed E-state index contributed by atoms with van der Waals surface area (Å²) >= 11 is 0. The summed E-state index contributed by atoms with van der Waals surface area (Å²) in [6.07, 6.45) is 4.60. The Bertz CT molecular complexity index is 965. The highest BCUT2D eigenvalue weighted by Gasteiger charge is 2.08. The third-order valence-electron chi connectivity index (χ3n) is 3.98. The molecule has 4 nitrogen and oxygen atoms in total. The number of hydrogen-bond acceptors (Lipinski definition) is 4. The van der Waals surface area contributed by atoms with Crippen molar-refractivity contribution >= 4 is 17.5 Å². The Morgan fingerprint density at radius 3 is 2.28 bits per heavy atom. The molecule has 1 aromatic heterocycles. The van der Waals surface area contributed by atoms with E-state index in [0.717, 1.165) is 22.3 Å². The summed E-state index contributed by atoms with van der Waals surface area (Å²) in [7, 11) is 0. The number of pyridine rings is 1. The Kier molecular flexibility index (Phi) is 4.68. The fourth-order valence-electron chi connectivity index (χ4n) is 2.67. The topological polar surface area (TPSA) is 86.5 Å². The van der Waals surface area contributed by atoms with Crippen LogP contribution < -0.4 is 5.73 Å². The maximum Gasteiger partial charge on any atom is 0.0998 e. The molecule has 0 unspecified atom stereocenters. The van der Waals surface area contributed by atoms with Crippen molar-refractivity contribution in [1.82, 2.24) is 4.98 Å². The third kappa shape index (κ3) is 3.31. The van der Waals surface area contributed by atoms with Crippen LogP contribution in [0.3, 0.4) is 0 Å². The highest BCUT2D eigenvalue weighted by molar-refractivity contribution is 6.17. The monoisotopic (exact) mass is 324 g/mol. The number of nitrogens with one attached hydrogen (secondary N) is 1. The van der Waals surface area contributed by atoms with Gasteiger partial charge in [0.2, 0.25) is 0 Å². The van der Waals surface area contributed by atoms with Crippen molar-refractivity contribution in [2.24, 2.45) is 5.73 Å². The van der Waals surface area contributed by atoms with Gasteiger partial charge in [0, 0.05) is 35.4 Å². The Balaban J connectivity index is 2.02. The molecular weight excluding hydrogens is 308 g/mol. The molecule has 0 atom stereocenters. The van der Waals surface area contributed by atoms with Crippen LogP contribution in [0.1, 0.15) is 16.7 Å². The van der Waals surface area contributed by atoms with Crippen molar-refractivity contribution in [2.45, 2.75) is 0 Å². The molecule has 0 aliphatic carbocycles. The zero-order valence-electron chi connectivity index (χ0n) is 13.5. The van der Waals surface area contributed by atoms with Crippen molar-refractivity contribution in [1.29, 1.82) is 10.7 Å². The van der Waals surface area contributed by atoms with Gasteiger partial charge in [-0.2, -0.15) is 5.26 Å². The SMILES string of the molecule is N#Cc1ccccc1-c1ccc(/C(C=N)=C(/N)c2ccncc2)cc1. The maximum atomic E-state index is 9.25. The first-order valence-electron chi connectivity index (χ1n) is 7.75. The first-order chi connectivity index (χ1) is 12.2. The average Bonchev–Trinajstić information content (AvgIpc) is 2.69. The van der Waals surface area contributed by atoms with Crippen LogP contribution in [-0.4, -0.2) is 11.2 Å². The predicted octanol–water partition coefficient (Wildman–Crippen LogP) is 4.10. The highest BCUT2D eigenvalue weighted by atomic mass is 14.6. The number of rotatable bonds is 4. The fourth-order valence-corrected chi connectivity index (χ4v) is 2.67. The Labute approximate surface area is 146 Å². The van der Waals surface area contributed by atoms with Gasteiger partial charge in [0.1, 0.15) is 0 Å². The molecule has 0 bridgehead atoms. The first kappa shape index (κ1) is 16.2. The first-order valence-corrected chi connectivity index (χ1v) is 7.75. The summed E-state index contributed by atoms with van der Waals surface area (Å²) in [6.45, 7) is 0. The average molecular weight is 324 g/mol. The summed E-state index contributed by atoms with van der Waals surface area (Å²) in [5.74, 6) is 0. The van der Waals surface area contributed by atoms with Gasteiger partial charge < -0.3 is 11.1 Å². The summed E-state index contributed by atoms with van der Waals surface area (Å²) < 4.78 is 0. The molecule has 0 radical (unpaired) electrons. The van der Waals surface area contributed by atoms with Crippen molar-refractivity contribution in [2.75, 3.05) is 0 Å². The van der Waals surface area contributed by atoms with Gasteiger partial charge in [0.25, 0.3) is 0 Å². The quantitative estimate of drug-likeness (QED) is 0.708. The van der Waals surface area contributed by atoms with Gasteiger partial charge in [-0.3, -0.25) is 4.98 Å². The molecule has 0 aliphatic heterocycles. The predicted molar refractivity (Wildman–Crippen MR) is 101 cm³/mol. The summed E-state index contributed by atoms with van der Waals surface area (Å²) in [4.78, 5) is 3.99. The van der Waals surface area contributed by atoms with Crippen LogP contribution in [0, 0.1) is 16.7 Å². The van der Waals surface area contributed by atoms with Crippen LogP contribution >= 0.6 is 0 Å². The lowest BCUT2D eigenvalue weighted by molar-refractivity contribution is 1.31. The van der Waals surface area contributed by atoms with Crippen molar-refractivity contribution in [3.05, 3.63) is 89.7 Å². The molecule has 120 valence electrons. The number of nitriles is 1. The Morgan fingerprint density at radius 2 is 1.64 bits per heavy atom. The van der Waals surface area contributed by atoms with E-state index in [1.807, 2.05) is 54.6 Å². The number of hydrogen-bond donors (Lipinski definition) is 2. The molecule has 2 aromatic carbocycles. The number of aromatic nitrogens is 1. The molecule has 0 saturated heterocycles. The number of nitrogens with two attached hydrogens (primary N) is 1. The fraction of sp³-hybridized carbons (Fsp3) is 0. The summed E-state index contributed by atoms with van der Waals surface area (Å²) in [5.41, 5.74) is 11.6. The van der Waals surface area contributed by atoms with Crippen molar-refractivity contribution in [3.63, 3.8) is 0 Å². The van der Waals surface area contributed by atoms with E-state index in [0.29, 0.717) is 16.8 Å². The largest absolute Gasteiger partial charge is 0.398 e. The lowest BCUT2D eigenvalue weighted by atomic mass is 9.96. The second kappa shape index (κ2) is 7.24. The molecule has 3 aromatic rings. The second-order valence-corrected chi connectivity index (χ2v) is 5.44. The third-order valence-corrected chi connectivity index (χ3v) is 3.98.